The van der Waals surface area contributed by atoms with Crippen LogP contribution in [-0.2, 0) is 9.05 Å². The highest BCUT2D eigenvalue weighted by atomic mass is 31.2. The Bertz CT molecular complexity index is 285. The first-order valence-electron chi connectivity index (χ1n) is 5.06. The van der Waals surface area contributed by atoms with Crippen LogP contribution in [0.1, 0.15) is 19.4 Å². The maximum Gasteiger partial charge on any atom is 0.397 e. The molecule has 3 nitrogen and oxygen atoms in total. The lowest BCUT2D eigenvalue weighted by Gasteiger charge is -2.15. The van der Waals surface area contributed by atoms with Crippen LogP contribution in [0, 0.1) is 6.92 Å². The summed E-state index contributed by atoms with van der Waals surface area (Å²) in [5, 5.41) is 0. The van der Waals surface area contributed by atoms with Crippen molar-refractivity contribution in [3.63, 3.8) is 0 Å². The van der Waals surface area contributed by atoms with Crippen molar-refractivity contribution in [1.29, 1.82) is 0 Å². The summed E-state index contributed by atoms with van der Waals surface area (Å²) in [6, 6.07) is 7.85. The molecule has 0 saturated carbocycles. The van der Waals surface area contributed by atoms with E-state index >= 15 is 0 Å². The number of aryl methyl sites for hydroxylation is 1. The van der Waals surface area contributed by atoms with Gasteiger partial charge >= 0.3 is 8.60 Å². The number of benzene rings is 1. The molecule has 0 saturated heterocycles. The summed E-state index contributed by atoms with van der Waals surface area (Å²) in [5.41, 5.74) is 1.16. The topological polar surface area (TPSA) is 27.7 Å². The Morgan fingerprint density at radius 2 is 1.80 bits per heavy atom. The molecule has 0 aliphatic carbocycles. The molecule has 0 amide bonds. The first kappa shape index (κ1) is 12.4. The van der Waals surface area contributed by atoms with Gasteiger partial charge in [0, 0.05) is 0 Å². The zero-order chi connectivity index (χ0) is 11.1. The molecular weight excluding hydrogens is 211 g/mol. The molecule has 0 atom stereocenters. The van der Waals surface area contributed by atoms with E-state index in [9.17, 15) is 0 Å². The molecule has 0 heterocycles. The number of rotatable bonds is 6. The summed E-state index contributed by atoms with van der Waals surface area (Å²) in [4.78, 5) is 0. The molecule has 0 fully saturated rings. The lowest BCUT2D eigenvalue weighted by Crippen LogP contribution is -1.97. The van der Waals surface area contributed by atoms with Crippen molar-refractivity contribution in [2.75, 3.05) is 13.2 Å². The van der Waals surface area contributed by atoms with Crippen molar-refractivity contribution in [2.24, 2.45) is 0 Å². The van der Waals surface area contributed by atoms with E-state index < -0.39 is 8.60 Å². The zero-order valence-corrected chi connectivity index (χ0v) is 10.3. The maximum absolute atomic E-state index is 5.60. The van der Waals surface area contributed by atoms with Crippen molar-refractivity contribution >= 4 is 8.60 Å². The van der Waals surface area contributed by atoms with Gasteiger partial charge < -0.3 is 13.6 Å². The molecule has 0 radical (unpaired) electrons. The highest BCUT2D eigenvalue weighted by Crippen LogP contribution is 2.40. The summed E-state index contributed by atoms with van der Waals surface area (Å²) < 4.78 is 16.3. The molecule has 4 heteroatoms. The summed E-state index contributed by atoms with van der Waals surface area (Å²) in [5.74, 6) is 0.794. The van der Waals surface area contributed by atoms with E-state index in [1.54, 1.807) is 0 Å². The minimum absolute atomic E-state index is 0.595. The van der Waals surface area contributed by atoms with E-state index in [2.05, 4.69) is 0 Å². The van der Waals surface area contributed by atoms with Gasteiger partial charge in [-0.15, -0.1) is 0 Å². The van der Waals surface area contributed by atoms with Crippen LogP contribution in [0.2, 0.25) is 0 Å². The Morgan fingerprint density at radius 1 is 1.13 bits per heavy atom. The molecule has 0 unspecified atom stereocenters. The minimum Gasteiger partial charge on any atom is -0.427 e. The quantitative estimate of drug-likeness (QED) is 0.695. The first-order valence-corrected chi connectivity index (χ1v) is 6.16. The van der Waals surface area contributed by atoms with Gasteiger partial charge in [0.2, 0.25) is 0 Å². The summed E-state index contributed by atoms with van der Waals surface area (Å²) >= 11 is 0. The van der Waals surface area contributed by atoms with Gasteiger partial charge in [-0.25, -0.2) is 0 Å². The van der Waals surface area contributed by atoms with Crippen molar-refractivity contribution in [2.45, 2.75) is 20.8 Å². The van der Waals surface area contributed by atoms with Crippen LogP contribution in [0.4, 0.5) is 0 Å². The van der Waals surface area contributed by atoms with Crippen molar-refractivity contribution in [3.05, 3.63) is 29.8 Å². The summed E-state index contributed by atoms with van der Waals surface area (Å²) in [6.45, 7) is 7.06. The van der Waals surface area contributed by atoms with Crippen LogP contribution in [0.3, 0.4) is 0 Å². The molecule has 0 aliphatic heterocycles. The van der Waals surface area contributed by atoms with E-state index in [4.69, 9.17) is 13.6 Å². The Kier molecular flexibility index (Phi) is 5.62. The monoisotopic (exact) mass is 228 g/mol. The van der Waals surface area contributed by atoms with Crippen LogP contribution in [0.5, 0.6) is 5.75 Å². The third kappa shape index (κ3) is 4.61. The SMILES string of the molecule is CCOP(OCC)Oc1cccc(C)c1. The summed E-state index contributed by atoms with van der Waals surface area (Å²) in [6.07, 6.45) is 0. The van der Waals surface area contributed by atoms with E-state index in [1.807, 2.05) is 45.0 Å². The molecule has 1 rings (SSSR count). The average molecular weight is 228 g/mol. The lowest BCUT2D eigenvalue weighted by atomic mass is 10.2. The normalized spacial score (nSPS) is 10.7. The fraction of sp³-hybridized carbons (Fsp3) is 0.455. The fourth-order valence-corrected chi connectivity index (χ4v) is 1.95. The molecule has 0 N–H and O–H groups in total. The van der Waals surface area contributed by atoms with E-state index in [0.29, 0.717) is 13.2 Å². The molecule has 0 aliphatic rings. The molecule has 1 aromatic rings. The molecule has 1 aromatic carbocycles. The highest BCUT2D eigenvalue weighted by Gasteiger charge is 2.12. The molecule has 0 bridgehead atoms. The van der Waals surface area contributed by atoms with Crippen molar-refractivity contribution in [3.8, 4) is 5.75 Å². The smallest absolute Gasteiger partial charge is 0.397 e. The third-order valence-electron chi connectivity index (χ3n) is 1.64. The van der Waals surface area contributed by atoms with Gasteiger partial charge in [0.05, 0.1) is 13.2 Å². The fourth-order valence-electron chi connectivity index (χ4n) is 1.06. The Balaban J connectivity index is 2.56. The van der Waals surface area contributed by atoms with Gasteiger partial charge in [-0.3, -0.25) is 0 Å². The van der Waals surface area contributed by atoms with Gasteiger partial charge in [0.15, 0.2) is 0 Å². The van der Waals surface area contributed by atoms with Crippen molar-refractivity contribution in [1.82, 2.24) is 0 Å². The van der Waals surface area contributed by atoms with E-state index in [0.717, 1.165) is 11.3 Å². The van der Waals surface area contributed by atoms with Crippen LogP contribution in [0.25, 0.3) is 0 Å². The predicted octanol–water partition coefficient (Wildman–Crippen LogP) is 3.67. The standard InChI is InChI=1S/C11H17O3P/c1-4-12-15(13-5-2)14-11-8-6-7-10(3)9-11/h6-9H,4-5H2,1-3H3. The van der Waals surface area contributed by atoms with Crippen molar-refractivity contribution < 1.29 is 13.6 Å². The second-order valence-electron chi connectivity index (χ2n) is 2.97. The Hall–Kier alpha value is -0.630. The Labute approximate surface area is 92.4 Å². The second-order valence-corrected chi connectivity index (χ2v) is 4.11. The third-order valence-corrected chi connectivity index (χ3v) is 2.94. The minimum atomic E-state index is -1.25. The first-order chi connectivity index (χ1) is 7.26. The number of hydrogen-bond donors (Lipinski definition) is 0. The zero-order valence-electron chi connectivity index (χ0n) is 9.40. The Morgan fingerprint density at radius 3 is 2.33 bits per heavy atom. The predicted molar refractivity (Wildman–Crippen MR) is 62.0 cm³/mol. The molecule has 0 spiro atoms. The lowest BCUT2D eigenvalue weighted by molar-refractivity contribution is 0.221. The van der Waals surface area contributed by atoms with Gasteiger partial charge in [-0.1, -0.05) is 12.1 Å². The van der Waals surface area contributed by atoms with Crippen LogP contribution >= 0.6 is 8.60 Å². The summed E-state index contributed by atoms with van der Waals surface area (Å²) in [7, 11) is -1.25. The number of hydrogen-bond acceptors (Lipinski definition) is 3. The van der Waals surface area contributed by atoms with Gasteiger partial charge in [0.1, 0.15) is 5.75 Å². The van der Waals surface area contributed by atoms with Crippen LogP contribution < -0.4 is 4.52 Å². The van der Waals surface area contributed by atoms with E-state index in [1.165, 1.54) is 0 Å². The highest BCUT2D eigenvalue weighted by molar-refractivity contribution is 7.42. The second kappa shape index (κ2) is 6.78. The average Bonchev–Trinajstić information content (AvgIpc) is 2.18. The van der Waals surface area contributed by atoms with Crippen LogP contribution in [0.15, 0.2) is 24.3 Å². The van der Waals surface area contributed by atoms with Crippen LogP contribution in [-0.4, -0.2) is 13.2 Å². The van der Waals surface area contributed by atoms with Gasteiger partial charge in [0.25, 0.3) is 0 Å². The molecule has 15 heavy (non-hydrogen) atoms. The van der Waals surface area contributed by atoms with Gasteiger partial charge in [-0.05, 0) is 38.5 Å². The van der Waals surface area contributed by atoms with Gasteiger partial charge in [-0.2, -0.15) is 0 Å². The largest absolute Gasteiger partial charge is 0.427 e. The van der Waals surface area contributed by atoms with E-state index in [-0.39, 0.29) is 0 Å². The molecule has 0 aromatic heterocycles. The maximum atomic E-state index is 5.60. The molecular formula is C11H17O3P. The molecule has 84 valence electrons.